The van der Waals surface area contributed by atoms with Crippen LogP contribution in [0.3, 0.4) is 0 Å². The van der Waals surface area contributed by atoms with Gasteiger partial charge in [-0.25, -0.2) is 0 Å². The predicted molar refractivity (Wildman–Crippen MR) is 78.6 cm³/mol. The van der Waals surface area contributed by atoms with Crippen LogP contribution in [0.25, 0.3) is 0 Å². The van der Waals surface area contributed by atoms with E-state index in [9.17, 15) is 0 Å². The zero-order chi connectivity index (χ0) is 13.1. The molecule has 17 heavy (non-hydrogen) atoms. The summed E-state index contributed by atoms with van der Waals surface area (Å²) in [4.78, 5) is 4.79. The van der Waals surface area contributed by atoms with Crippen LogP contribution in [-0.2, 0) is 0 Å². The van der Waals surface area contributed by atoms with Crippen LogP contribution in [0.5, 0.6) is 0 Å². The molecular formula is C15H34N2. The summed E-state index contributed by atoms with van der Waals surface area (Å²) in [6, 6.07) is 0. The van der Waals surface area contributed by atoms with Gasteiger partial charge < -0.3 is 9.80 Å². The molecule has 1 unspecified atom stereocenters. The largest absolute Gasteiger partial charge is 0.309 e. The maximum Gasteiger partial charge on any atom is 0.000398 e. The molecule has 0 fully saturated rings. The summed E-state index contributed by atoms with van der Waals surface area (Å²) in [5.74, 6) is 0.839. The molecule has 0 aliphatic rings. The summed E-state index contributed by atoms with van der Waals surface area (Å²) < 4.78 is 0. The van der Waals surface area contributed by atoms with Gasteiger partial charge in [0.2, 0.25) is 0 Å². The summed E-state index contributed by atoms with van der Waals surface area (Å²) in [6.45, 7) is 8.43. The zero-order valence-corrected chi connectivity index (χ0v) is 12.8. The molecule has 0 saturated carbocycles. The fraction of sp³-hybridized carbons (Fsp3) is 1.00. The molecular weight excluding hydrogens is 208 g/mol. The van der Waals surface area contributed by atoms with Gasteiger partial charge >= 0.3 is 0 Å². The predicted octanol–water partition coefficient (Wildman–Crippen LogP) is 3.48. The molecule has 1 atom stereocenters. The number of unbranched alkanes of at least 4 members (excludes halogenated alkanes) is 3. The molecule has 0 N–H and O–H groups in total. The molecule has 0 spiro atoms. The first-order valence-corrected chi connectivity index (χ1v) is 7.39. The van der Waals surface area contributed by atoms with E-state index in [2.05, 4.69) is 44.8 Å². The highest BCUT2D eigenvalue weighted by molar-refractivity contribution is 4.60. The second-order valence-electron chi connectivity index (χ2n) is 5.87. The Kier molecular flexibility index (Phi) is 11.0. The third-order valence-electron chi connectivity index (χ3n) is 3.32. The molecule has 0 bridgehead atoms. The lowest BCUT2D eigenvalue weighted by molar-refractivity contribution is 0.264. The van der Waals surface area contributed by atoms with Crippen molar-refractivity contribution in [3.8, 4) is 0 Å². The van der Waals surface area contributed by atoms with E-state index in [1.165, 1.54) is 58.2 Å². The van der Waals surface area contributed by atoms with Crippen LogP contribution >= 0.6 is 0 Å². The first kappa shape index (κ1) is 16.9. The minimum Gasteiger partial charge on any atom is -0.309 e. The lowest BCUT2D eigenvalue weighted by Crippen LogP contribution is -2.26. The fourth-order valence-corrected chi connectivity index (χ4v) is 2.28. The van der Waals surface area contributed by atoms with Crippen LogP contribution in [0.15, 0.2) is 0 Å². The van der Waals surface area contributed by atoms with Crippen molar-refractivity contribution in [2.24, 2.45) is 5.92 Å². The van der Waals surface area contributed by atoms with Crippen LogP contribution < -0.4 is 0 Å². The Bertz CT molecular complexity index is 157. The highest BCUT2D eigenvalue weighted by Crippen LogP contribution is 2.08. The summed E-state index contributed by atoms with van der Waals surface area (Å²) in [7, 11) is 6.59. The van der Waals surface area contributed by atoms with Crippen molar-refractivity contribution in [2.75, 3.05) is 40.8 Å². The lowest BCUT2D eigenvalue weighted by atomic mass is 10.0. The van der Waals surface area contributed by atoms with Crippen molar-refractivity contribution in [3.05, 3.63) is 0 Å². The zero-order valence-electron chi connectivity index (χ0n) is 12.8. The van der Waals surface area contributed by atoms with Gasteiger partial charge in [-0.1, -0.05) is 33.1 Å². The van der Waals surface area contributed by atoms with E-state index < -0.39 is 0 Å². The van der Waals surface area contributed by atoms with E-state index in [4.69, 9.17) is 0 Å². The Hall–Kier alpha value is -0.0800. The van der Waals surface area contributed by atoms with Crippen molar-refractivity contribution < 1.29 is 0 Å². The summed E-state index contributed by atoms with van der Waals surface area (Å²) in [5, 5.41) is 0. The Morgan fingerprint density at radius 2 is 1.59 bits per heavy atom. The molecule has 0 rings (SSSR count). The molecule has 0 radical (unpaired) electrons. The van der Waals surface area contributed by atoms with Gasteiger partial charge in [-0.3, -0.25) is 0 Å². The molecule has 0 aliphatic heterocycles. The minimum absolute atomic E-state index is 0.839. The first-order chi connectivity index (χ1) is 8.06. The van der Waals surface area contributed by atoms with Crippen molar-refractivity contribution in [1.29, 1.82) is 0 Å². The molecule has 0 amide bonds. The van der Waals surface area contributed by atoms with Gasteiger partial charge in [0.25, 0.3) is 0 Å². The Labute approximate surface area is 109 Å². The van der Waals surface area contributed by atoms with Crippen molar-refractivity contribution in [2.45, 2.75) is 52.4 Å². The Balaban J connectivity index is 3.41. The maximum atomic E-state index is 2.51. The van der Waals surface area contributed by atoms with Crippen LogP contribution in [0.4, 0.5) is 0 Å². The molecule has 0 aliphatic carbocycles. The smallest absolute Gasteiger partial charge is 0.000398 e. The van der Waals surface area contributed by atoms with Crippen LogP contribution in [0.2, 0.25) is 0 Å². The van der Waals surface area contributed by atoms with Gasteiger partial charge in [0.15, 0.2) is 0 Å². The number of rotatable bonds is 11. The monoisotopic (exact) mass is 242 g/mol. The Morgan fingerprint density at radius 3 is 2.18 bits per heavy atom. The van der Waals surface area contributed by atoms with E-state index in [1.807, 2.05) is 0 Å². The van der Waals surface area contributed by atoms with Crippen molar-refractivity contribution in [1.82, 2.24) is 9.80 Å². The molecule has 0 aromatic carbocycles. The summed E-state index contributed by atoms with van der Waals surface area (Å²) in [5.41, 5.74) is 0. The van der Waals surface area contributed by atoms with Crippen LogP contribution in [-0.4, -0.2) is 50.6 Å². The third-order valence-corrected chi connectivity index (χ3v) is 3.32. The average molecular weight is 242 g/mol. The molecule has 0 heterocycles. The van der Waals surface area contributed by atoms with Gasteiger partial charge in [-0.05, 0) is 59.4 Å². The topological polar surface area (TPSA) is 6.48 Å². The van der Waals surface area contributed by atoms with Gasteiger partial charge in [-0.2, -0.15) is 0 Å². The van der Waals surface area contributed by atoms with E-state index in [0.717, 1.165) is 5.92 Å². The number of hydrogen-bond acceptors (Lipinski definition) is 2. The van der Waals surface area contributed by atoms with Crippen LogP contribution in [0, 0.1) is 5.92 Å². The quantitative estimate of drug-likeness (QED) is 0.512. The molecule has 2 nitrogen and oxygen atoms in total. The van der Waals surface area contributed by atoms with Gasteiger partial charge in [0, 0.05) is 6.54 Å². The lowest BCUT2D eigenvalue weighted by Gasteiger charge is -2.21. The van der Waals surface area contributed by atoms with Gasteiger partial charge in [0.05, 0.1) is 0 Å². The minimum atomic E-state index is 0.839. The van der Waals surface area contributed by atoms with E-state index in [0.29, 0.717) is 0 Å². The fourth-order valence-electron chi connectivity index (χ4n) is 2.28. The molecule has 0 aromatic heterocycles. The van der Waals surface area contributed by atoms with E-state index >= 15 is 0 Å². The highest BCUT2D eigenvalue weighted by Gasteiger charge is 2.06. The SMILES string of the molecule is CCCCCCN(C)CC(C)CCCN(C)C. The number of nitrogens with zero attached hydrogens (tertiary/aromatic N) is 2. The Morgan fingerprint density at radius 1 is 0.882 bits per heavy atom. The van der Waals surface area contributed by atoms with Crippen LogP contribution in [0.1, 0.15) is 52.4 Å². The second-order valence-corrected chi connectivity index (χ2v) is 5.87. The standard InChI is InChI=1S/C15H34N2/c1-6-7-8-9-13-17(5)14-15(2)11-10-12-16(3)4/h15H,6-14H2,1-5H3. The normalized spacial score (nSPS) is 13.6. The van der Waals surface area contributed by atoms with Crippen molar-refractivity contribution >= 4 is 0 Å². The summed E-state index contributed by atoms with van der Waals surface area (Å²) in [6.07, 6.45) is 8.19. The van der Waals surface area contributed by atoms with Crippen molar-refractivity contribution in [3.63, 3.8) is 0 Å². The van der Waals surface area contributed by atoms with Gasteiger partial charge in [0.1, 0.15) is 0 Å². The number of hydrogen-bond donors (Lipinski definition) is 0. The molecule has 104 valence electrons. The third kappa shape index (κ3) is 12.2. The molecule has 0 aromatic rings. The summed E-state index contributed by atoms with van der Waals surface area (Å²) >= 11 is 0. The average Bonchev–Trinajstić information content (AvgIpc) is 2.23. The van der Waals surface area contributed by atoms with Gasteiger partial charge in [-0.15, -0.1) is 0 Å². The highest BCUT2D eigenvalue weighted by atomic mass is 15.1. The molecule has 0 saturated heterocycles. The van der Waals surface area contributed by atoms with E-state index in [1.54, 1.807) is 0 Å². The first-order valence-electron chi connectivity index (χ1n) is 7.39. The maximum absolute atomic E-state index is 2.51. The van der Waals surface area contributed by atoms with E-state index in [-0.39, 0.29) is 0 Å². The second kappa shape index (κ2) is 11.0. The molecule has 2 heteroatoms.